The average Bonchev–Trinajstić information content (AvgIpc) is 3.48. The number of hydrogen-bond acceptors (Lipinski definition) is 4. The summed E-state index contributed by atoms with van der Waals surface area (Å²) >= 11 is 1.89. The summed E-state index contributed by atoms with van der Waals surface area (Å²) < 4.78 is 16.6. The monoisotopic (exact) mass is 595 g/mol. The first-order chi connectivity index (χ1) is 16.5. The summed E-state index contributed by atoms with van der Waals surface area (Å²) in [5, 5.41) is 21.8. The smallest absolute Gasteiger partial charge is 0.257 e. The average molecular weight is 595 g/mol. The summed E-state index contributed by atoms with van der Waals surface area (Å²) in [5.74, 6) is -1.07. The lowest BCUT2D eigenvalue weighted by Gasteiger charge is -2.41. The van der Waals surface area contributed by atoms with Gasteiger partial charge in [-0.25, -0.2) is 4.39 Å². The summed E-state index contributed by atoms with van der Waals surface area (Å²) in [7, 11) is 3.78. The topological polar surface area (TPSA) is 95.2 Å². The van der Waals surface area contributed by atoms with Crippen molar-refractivity contribution in [2.24, 2.45) is 7.05 Å². The summed E-state index contributed by atoms with van der Waals surface area (Å²) in [6, 6.07) is 4.14. The Balaban J connectivity index is 1.58. The fourth-order valence-electron chi connectivity index (χ4n) is 5.94. The standard InChI is InChI=1S/C26H32FIN4O3/c1-15-21(25(35)30-17-8-9-19(28)18(27)12-17)16(2)31(3)23(15)22(29)24(34)20-13-32(20,4)26(14-33)10-6-5-7-11-26/h8-9,12,20,29,33H,5-7,10-11,13-14H2,1-4H3/p+1. The number of aromatic nitrogens is 1. The second-order valence-electron chi connectivity index (χ2n) is 10.2. The number of benzene rings is 1. The van der Waals surface area contributed by atoms with Gasteiger partial charge in [0, 0.05) is 34.8 Å². The molecule has 0 bridgehead atoms. The molecule has 1 saturated heterocycles. The van der Waals surface area contributed by atoms with E-state index in [-0.39, 0.29) is 29.7 Å². The molecule has 7 nitrogen and oxygen atoms in total. The van der Waals surface area contributed by atoms with E-state index >= 15 is 0 Å². The minimum absolute atomic E-state index is 0.0480. The van der Waals surface area contributed by atoms with Gasteiger partial charge < -0.3 is 19.5 Å². The maximum atomic E-state index is 13.9. The summed E-state index contributed by atoms with van der Waals surface area (Å²) in [5.41, 5.74) is 1.91. The molecule has 1 saturated carbocycles. The normalized spacial score (nSPS) is 23.1. The van der Waals surface area contributed by atoms with Crippen LogP contribution in [-0.2, 0) is 11.8 Å². The fourth-order valence-corrected chi connectivity index (χ4v) is 6.27. The molecule has 1 aromatic heterocycles. The van der Waals surface area contributed by atoms with E-state index in [0.717, 1.165) is 32.1 Å². The minimum Gasteiger partial charge on any atom is -0.390 e. The van der Waals surface area contributed by atoms with E-state index < -0.39 is 11.7 Å². The van der Waals surface area contributed by atoms with E-state index in [4.69, 9.17) is 5.41 Å². The molecular formula is C26H33FIN4O3+. The lowest BCUT2D eigenvalue weighted by Crippen LogP contribution is -2.55. The van der Waals surface area contributed by atoms with Gasteiger partial charge in [0.1, 0.15) is 23.6 Å². The van der Waals surface area contributed by atoms with Crippen LogP contribution in [0.15, 0.2) is 18.2 Å². The van der Waals surface area contributed by atoms with Crippen LogP contribution in [0.2, 0.25) is 0 Å². The number of ketones is 1. The number of anilines is 1. The molecule has 4 rings (SSSR count). The van der Waals surface area contributed by atoms with Crippen LogP contribution in [0.1, 0.15) is 59.4 Å². The van der Waals surface area contributed by atoms with E-state index in [1.807, 2.05) is 29.6 Å². The third-order valence-corrected chi connectivity index (χ3v) is 9.26. The van der Waals surface area contributed by atoms with Gasteiger partial charge in [0.25, 0.3) is 5.91 Å². The van der Waals surface area contributed by atoms with Gasteiger partial charge in [-0.3, -0.25) is 15.0 Å². The second-order valence-corrected chi connectivity index (χ2v) is 11.4. The largest absolute Gasteiger partial charge is 0.390 e. The number of aliphatic hydroxyl groups excluding tert-OH is 1. The number of Topliss-reactive ketones (excluding diaryl/α,β-unsaturated/α-hetero) is 1. The molecule has 2 aromatic rings. The minimum atomic E-state index is -0.415. The Kier molecular flexibility index (Phi) is 6.98. The van der Waals surface area contributed by atoms with Crippen molar-refractivity contribution in [3.63, 3.8) is 0 Å². The zero-order chi connectivity index (χ0) is 25.7. The number of carbonyl (C=O) groups excluding carboxylic acids is 2. The molecule has 0 radical (unpaired) electrons. The number of aliphatic hydroxyl groups is 1. The van der Waals surface area contributed by atoms with Crippen molar-refractivity contribution < 1.29 is 23.6 Å². The van der Waals surface area contributed by atoms with Gasteiger partial charge >= 0.3 is 0 Å². The van der Waals surface area contributed by atoms with Crippen molar-refractivity contribution in [2.75, 3.05) is 25.5 Å². The first-order valence-corrected chi connectivity index (χ1v) is 13.1. The second kappa shape index (κ2) is 9.40. The molecular weight excluding hydrogens is 562 g/mol. The number of quaternary nitrogens is 1. The fraction of sp³-hybridized carbons (Fsp3) is 0.500. The highest BCUT2D eigenvalue weighted by atomic mass is 127. The Labute approximate surface area is 218 Å². The van der Waals surface area contributed by atoms with E-state index in [2.05, 4.69) is 5.32 Å². The Morgan fingerprint density at radius 1 is 1.29 bits per heavy atom. The molecule has 1 aromatic carbocycles. The lowest BCUT2D eigenvalue weighted by molar-refractivity contribution is -0.849. The number of likely N-dealkylation sites (N-methyl/N-ethyl adjacent to an activating group) is 1. The predicted octanol–water partition coefficient (Wildman–Crippen LogP) is 4.10. The molecule has 2 aliphatic rings. The van der Waals surface area contributed by atoms with E-state index in [1.54, 1.807) is 37.6 Å². The molecule has 1 amide bonds. The van der Waals surface area contributed by atoms with Gasteiger partial charge in [0.2, 0.25) is 11.8 Å². The first kappa shape index (κ1) is 26.0. The molecule has 2 fully saturated rings. The number of amides is 1. The molecule has 1 aliphatic heterocycles. The lowest BCUT2D eigenvalue weighted by atomic mass is 9.80. The molecule has 0 spiro atoms. The van der Waals surface area contributed by atoms with E-state index in [1.165, 1.54) is 6.07 Å². The van der Waals surface area contributed by atoms with Crippen molar-refractivity contribution >= 4 is 45.7 Å². The maximum absolute atomic E-state index is 13.9. The Hall–Kier alpha value is -2.11. The highest BCUT2D eigenvalue weighted by Gasteiger charge is 2.67. The highest BCUT2D eigenvalue weighted by molar-refractivity contribution is 14.1. The van der Waals surface area contributed by atoms with Crippen molar-refractivity contribution in [3.05, 3.63) is 50.1 Å². The number of nitrogens with one attached hydrogen (secondary N) is 2. The van der Waals surface area contributed by atoms with Gasteiger partial charge in [-0.15, -0.1) is 0 Å². The molecule has 1 aliphatic carbocycles. The third kappa shape index (κ3) is 4.25. The predicted molar refractivity (Wildman–Crippen MR) is 142 cm³/mol. The first-order valence-electron chi connectivity index (χ1n) is 12.0. The van der Waals surface area contributed by atoms with Crippen LogP contribution in [0, 0.1) is 28.6 Å². The highest BCUT2D eigenvalue weighted by Crippen LogP contribution is 2.47. The number of rotatable bonds is 7. The zero-order valence-electron chi connectivity index (χ0n) is 20.7. The number of halogens is 2. The van der Waals surface area contributed by atoms with Crippen LogP contribution in [-0.4, -0.2) is 63.3 Å². The summed E-state index contributed by atoms with van der Waals surface area (Å²) in [6.07, 6.45) is 5.03. The van der Waals surface area contributed by atoms with Crippen molar-refractivity contribution in [3.8, 4) is 0 Å². The van der Waals surface area contributed by atoms with Crippen molar-refractivity contribution in [1.29, 1.82) is 5.41 Å². The Morgan fingerprint density at radius 3 is 2.54 bits per heavy atom. The zero-order valence-corrected chi connectivity index (χ0v) is 22.8. The van der Waals surface area contributed by atoms with Gasteiger partial charge in [0.15, 0.2) is 0 Å². The van der Waals surface area contributed by atoms with Crippen molar-refractivity contribution in [2.45, 2.75) is 57.5 Å². The summed E-state index contributed by atoms with van der Waals surface area (Å²) in [4.78, 5) is 26.6. The number of nitrogens with zero attached hydrogens (tertiary/aromatic N) is 2. The molecule has 2 heterocycles. The van der Waals surface area contributed by atoms with E-state index in [0.29, 0.717) is 42.8 Å². The number of hydrogen-bond donors (Lipinski definition) is 3. The third-order valence-electron chi connectivity index (χ3n) is 8.39. The van der Waals surface area contributed by atoms with Crippen LogP contribution in [0.4, 0.5) is 10.1 Å². The SMILES string of the molecule is Cc1c(C(=O)Nc2ccc(I)c(F)c2)c(C)n(C)c1C(=N)C(=O)C1C[N+]1(C)C1(CO)CCCCC1. The number of carbonyl (C=O) groups is 2. The van der Waals surface area contributed by atoms with Crippen LogP contribution < -0.4 is 5.32 Å². The molecule has 2 atom stereocenters. The molecule has 188 valence electrons. The molecule has 9 heteroatoms. The summed E-state index contributed by atoms with van der Waals surface area (Å²) in [6.45, 7) is 4.19. The molecule has 3 N–H and O–H groups in total. The van der Waals surface area contributed by atoms with Crippen LogP contribution in [0.5, 0.6) is 0 Å². The Bertz CT molecular complexity index is 1220. The molecule has 35 heavy (non-hydrogen) atoms. The van der Waals surface area contributed by atoms with Crippen LogP contribution >= 0.6 is 22.6 Å². The van der Waals surface area contributed by atoms with Gasteiger partial charge in [-0.1, -0.05) is 6.42 Å². The Morgan fingerprint density at radius 2 is 1.94 bits per heavy atom. The quantitative estimate of drug-likeness (QED) is 0.195. The van der Waals surface area contributed by atoms with Gasteiger partial charge in [-0.2, -0.15) is 0 Å². The maximum Gasteiger partial charge on any atom is 0.257 e. The van der Waals surface area contributed by atoms with E-state index in [9.17, 15) is 19.1 Å². The molecule has 2 unspecified atom stereocenters. The van der Waals surface area contributed by atoms with Gasteiger partial charge in [0.05, 0.1) is 24.9 Å². The van der Waals surface area contributed by atoms with Gasteiger partial charge in [-0.05, 0) is 73.0 Å². The van der Waals surface area contributed by atoms with Crippen molar-refractivity contribution in [1.82, 2.24) is 4.57 Å². The van der Waals surface area contributed by atoms with Crippen LogP contribution in [0.25, 0.3) is 0 Å². The van der Waals surface area contributed by atoms with Crippen LogP contribution in [0.3, 0.4) is 0 Å².